The minimum Gasteiger partial charge on any atom is -0.459 e. The molecule has 0 aromatic heterocycles. The van der Waals surface area contributed by atoms with Gasteiger partial charge in [0.05, 0.1) is 17.7 Å². The Labute approximate surface area is 180 Å². The Morgan fingerprint density at radius 1 is 0.806 bits per heavy atom. The van der Waals surface area contributed by atoms with E-state index in [1.807, 2.05) is 42.5 Å². The lowest BCUT2D eigenvalue weighted by molar-refractivity contribution is -0.0811. The van der Waals surface area contributed by atoms with Crippen LogP contribution in [0.2, 0.25) is 0 Å². The molecule has 1 saturated heterocycles. The fourth-order valence-electron chi connectivity index (χ4n) is 3.21. The van der Waals surface area contributed by atoms with Crippen molar-refractivity contribution in [3.05, 3.63) is 102 Å². The summed E-state index contributed by atoms with van der Waals surface area (Å²) in [4.78, 5) is 24.9. The van der Waals surface area contributed by atoms with E-state index in [1.54, 1.807) is 48.5 Å². The van der Waals surface area contributed by atoms with Gasteiger partial charge in [0.25, 0.3) is 0 Å². The van der Waals surface area contributed by atoms with Gasteiger partial charge < -0.3 is 18.8 Å². The van der Waals surface area contributed by atoms with E-state index in [-0.39, 0.29) is 13.2 Å². The van der Waals surface area contributed by atoms with Crippen LogP contribution in [0.5, 0.6) is 0 Å². The Morgan fingerprint density at radius 3 is 1.97 bits per heavy atom. The highest BCUT2D eigenvalue weighted by atomic mass is 16.7. The zero-order valence-electron chi connectivity index (χ0n) is 16.8. The van der Waals surface area contributed by atoms with Crippen molar-refractivity contribution in [1.29, 1.82) is 0 Å². The van der Waals surface area contributed by atoms with Gasteiger partial charge in [-0.1, -0.05) is 66.7 Å². The van der Waals surface area contributed by atoms with Crippen LogP contribution in [-0.2, 0) is 18.8 Å². The molecule has 0 unspecified atom stereocenters. The first kappa shape index (κ1) is 20.8. The smallest absolute Gasteiger partial charge is 0.459 e. The van der Waals surface area contributed by atoms with Gasteiger partial charge in [0.1, 0.15) is 12.7 Å². The third-order valence-corrected chi connectivity index (χ3v) is 4.85. The van der Waals surface area contributed by atoms with Gasteiger partial charge in [-0.05, 0) is 29.7 Å². The SMILES string of the molecule is O=C(OC[C@H]1OB(c2ccccc2)OC[C@H]1OC(=O)c1ccccc1)c1ccccc1. The Balaban J connectivity index is 1.46. The maximum absolute atomic E-state index is 12.5. The highest BCUT2D eigenvalue weighted by molar-refractivity contribution is 6.61. The molecule has 3 aromatic rings. The van der Waals surface area contributed by atoms with Crippen molar-refractivity contribution in [3.63, 3.8) is 0 Å². The van der Waals surface area contributed by atoms with E-state index >= 15 is 0 Å². The third-order valence-electron chi connectivity index (χ3n) is 4.85. The summed E-state index contributed by atoms with van der Waals surface area (Å²) >= 11 is 0. The molecule has 0 bridgehead atoms. The van der Waals surface area contributed by atoms with Crippen LogP contribution in [0.3, 0.4) is 0 Å². The van der Waals surface area contributed by atoms with Crippen LogP contribution in [0, 0.1) is 0 Å². The summed E-state index contributed by atoms with van der Waals surface area (Å²) < 4.78 is 22.9. The molecule has 1 aliphatic heterocycles. The van der Waals surface area contributed by atoms with E-state index in [1.165, 1.54) is 0 Å². The quantitative estimate of drug-likeness (QED) is 0.455. The molecule has 6 nitrogen and oxygen atoms in total. The number of esters is 2. The Bertz CT molecular complexity index is 996. The highest BCUT2D eigenvalue weighted by Crippen LogP contribution is 2.18. The number of benzene rings is 3. The number of hydrogen-bond donors (Lipinski definition) is 0. The molecule has 0 aliphatic carbocycles. The maximum Gasteiger partial charge on any atom is 0.494 e. The molecule has 0 radical (unpaired) electrons. The van der Waals surface area contributed by atoms with Crippen LogP contribution in [0.1, 0.15) is 20.7 Å². The summed E-state index contributed by atoms with van der Waals surface area (Å²) in [6.45, 7) is 0.0405. The van der Waals surface area contributed by atoms with Gasteiger partial charge in [0.15, 0.2) is 6.10 Å². The van der Waals surface area contributed by atoms with Crippen LogP contribution in [0.15, 0.2) is 91.0 Å². The summed E-state index contributed by atoms with van der Waals surface area (Å²) in [6, 6.07) is 26.8. The van der Waals surface area contributed by atoms with Crippen molar-refractivity contribution in [2.24, 2.45) is 0 Å². The van der Waals surface area contributed by atoms with Crippen molar-refractivity contribution in [3.8, 4) is 0 Å². The van der Waals surface area contributed by atoms with Gasteiger partial charge in [-0.25, -0.2) is 9.59 Å². The van der Waals surface area contributed by atoms with Crippen LogP contribution in [-0.4, -0.2) is 44.5 Å². The zero-order valence-corrected chi connectivity index (χ0v) is 16.8. The van der Waals surface area contributed by atoms with Crippen molar-refractivity contribution >= 4 is 24.5 Å². The van der Waals surface area contributed by atoms with E-state index < -0.39 is 31.3 Å². The second-order valence-electron chi connectivity index (χ2n) is 7.02. The molecule has 0 amide bonds. The lowest BCUT2D eigenvalue weighted by Crippen LogP contribution is -2.54. The Hall–Kier alpha value is -3.42. The number of carbonyl (C=O) groups is 2. The fraction of sp³-hybridized carbons (Fsp3) is 0.167. The molecule has 0 saturated carbocycles. The summed E-state index contributed by atoms with van der Waals surface area (Å²) in [7, 11) is -0.645. The first-order valence-corrected chi connectivity index (χ1v) is 10.0. The summed E-state index contributed by atoms with van der Waals surface area (Å²) in [5.41, 5.74) is 1.69. The molecule has 0 N–H and O–H groups in total. The fourth-order valence-corrected chi connectivity index (χ4v) is 3.21. The highest BCUT2D eigenvalue weighted by Gasteiger charge is 2.39. The van der Waals surface area contributed by atoms with E-state index in [0.29, 0.717) is 11.1 Å². The summed E-state index contributed by atoms with van der Waals surface area (Å²) in [6.07, 6.45) is -1.41. The molecule has 3 aromatic carbocycles. The van der Waals surface area contributed by atoms with E-state index in [0.717, 1.165) is 5.46 Å². The van der Waals surface area contributed by atoms with Crippen LogP contribution < -0.4 is 5.46 Å². The minimum absolute atomic E-state index is 0.0762. The van der Waals surface area contributed by atoms with Crippen molar-refractivity contribution < 1.29 is 28.4 Å². The van der Waals surface area contributed by atoms with E-state index in [4.69, 9.17) is 18.8 Å². The first-order chi connectivity index (χ1) is 15.2. The molecule has 7 heteroatoms. The minimum atomic E-state index is -0.726. The molecule has 31 heavy (non-hydrogen) atoms. The van der Waals surface area contributed by atoms with Crippen LogP contribution in [0.25, 0.3) is 0 Å². The van der Waals surface area contributed by atoms with Crippen LogP contribution in [0.4, 0.5) is 0 Å². The third kappa shape index (κ3) is 5.39. The van der Waals surface area contributed by atoms with Gasteiger partial charge in [-0.2, -0.15) is 0 Å². The van der Waals surface area contributed by atoms with Gasteiger partial charge >= 0.3 is 19.1 Å². The van der Waals surface area contributed by atoms with Gasteiger partial charge in [0, 0.05) is 0 Å². The molecule has 1 fully saturated rings. The molecule has 156 valence electrons. The standard InChI is InChI=1S/C24H21BO6/c26-23(18-10-4-1-5-11-18)28-16-22-21(30-24(27)19-12-6-2-7-13-19)17-29-25(31-22)20-14-8-3-9-15-20/h1-15,21-22H,16-17H2/t21-,22-/m1/s1. The van der Waals surface area contributed by atoms with Gasteiger partial charge in [0.2, 0.25) is 0 Å². The molecular formula is C24H21BO6. The topological polar surface area (TPSA) is 71.1 Å². The van der Waals surface area contributed by atoms with Crippen molar-refractivity contribution in [2.75, 3.05) is 13.2 Å². The van der Waals surface area contributed by atoms with Crippen molar-refractivity contribution in [1.82, 2.24) is 0 Å². The normalized spacial score (nSPS) is 18.3. The van der Waals surface area contributed by atoms with E-state index in [9.17, 15) is 9.59 Å². The maximum atomic E-state index is 12.5. The molecule has 1 aliphatic rings. The Morgan fingerprint density at radius 2 is 1.35 bits per heavy atom. The number of ether oxygens (including phenoxy) is 2. The molecule has 2 atom stereocenters. The van der Waals surface area contributed by atoms with Gasteiger partial charge in [-0.3, -0.25) is 0 Å². The summed E-state index contributed by atoms with van der Waals surface area (Å²) in [5, 5.41) is 0. The summed E-state index contributed by atoms with van der Waals surface area (Å²) in [5.74, 6) is -0.963. The molecular weight excluding hydrogens is 395 g/mol. The lowest BCUT2D eigenvalue weighted by atomic mass is 9.77. The van der Waals surface area contributed by atoms with Crippen molar-refractivity contribution in [2.45, 2.75) is 12.2 Å². The predicted octanol–water partition coefficient (Wildman–Crippen LogP) is 2.88. The molecule has 0 spiro atoms. The van der Waals surface area contributed by atoms with E-state index in [2.05, 4.69) is 0 Å². The average molecular weight is 416 g/mol. The van der Waals surface area contributed by atoms with Crippen LogP contribution >= 0.6 is 0 Å². The molecule has 4 rings (SSSR count). The first-order valence-electron chi connectivity index (χ1n) is 10.0. The monoisotopic (exact) mass is 416 g/mol. The number of hydrogen-bond acceptors (Lipinski definition) is 6. The predicted molar refractivity (Wildman–Crippen MR) is 115 cm³/mol. The Kier molecular flexibility index (Phi) is 6.77. The average Bonchev–Trinajstić information content (AvgIpc) is 2.84. The second kappa shape index (κ2) is 10.1. The van der Waals surface area contributed by atoms with Gasteiger partial charge in [-0.15, -0.1) is 0 Å². The largest absolute Gasteiger partial charge is 0.494 e. The number of rotatable bonds is 6. The molecule has 1 heterocycles. The zero-order chi connectivity index (χ0) is 21.5. The number of carbonyl (C=O) groups excluding carboxylic acids is 2. The second-order valence-corrected chi connectivity index (χ2v) is 7.02. The lowest BCUT2D eigenvalue weighted by Gasteiger charge is -2.34.